The lowest BCUT2D eigenvalue weighted by Crippen LogP contribution is -2.52. The number of imide groups is 1. The zero-order valence-corrected chi connectivity index (χ0v) is 45.9. The minimum atomic E-state index is -2.92. The van der Waals surface area contributed by atoms with Gasteiger partial charge in [0, 0.05) is 73.8 Å². The molecule has 75 heavy (non-hydrogen) atoms. The summed E-state index contributed by atoms with van der Waals surface area (Å²) in [6, 6.07) is 5.95. The van der Waals surface area contributed by atoms with Crippen molar-refractivity contribution in [1.29, 1.82) is 0 Å². The molecule has 10 rings (SSSR count). The molecule has 1 aromatic carbocycles. The number of hydrogen-bond acceptors (Lipinski definition) is 13. The Hall–Kier alpha value is -5.04. The molecule has 0 aliphatic carbocycles. The number of nitrogens with zero attached hydrogens (tertiary/aromatic N) is 7. The van der Waals surface area contributed by atoms with Gasteiger partial charge < -0.3 is 39.3 Å². The number of aromatic nitrogens is 2. The van der Waals surface area contributed by atoms with E-state index >= 15 is 8.78 Å². The average Bonchev–Trinajstić information content (AvgIpc) is 3.95. The Morgan fingerprint density at radius 2 is 1.65 bits per heavy atom. The SMILES string of the molecule is C[C@H]1Nc2ncnc3c2C=C(N2CCOCC2)C(OCC(C)(C)CCC(C)(C)CCC(=O)N(C)Cc2scc4c2CN(C2CCC(=O)NC2=O)C4=O)N3CCCCCCCN2CCC(CC2)C(F)(F)c2cccc1c2. The molecule has 18 heteroatoms. The molecule has 3 fully saturated rings. The fourth-order valence-corrected chi connectivity index (χ4v) is 12.8. The quantitative estimate of drug-likeness (QED) is 0.157. The van der Waals surface area contributed by atoms with Gasteiger partial charge in [0.25, 0.3) is 11.8 Å². The predicted molar refractivity (Wildman–Crippen MR) is 287 cm³/mol. The number of rotatable bonds is 13. The van der Waals surface area contributed by atoms with Gasteiger partial charge in [-0.2, -0.15) is 0 Å². The maximum absolute atomic E-state index is 16.2. The number of thiophene rings is 1. The molecule has 3 saturated heterocycles. The first kappa shape index (κ1) is 54.7. The first-order valence-corrected chi connectivity index (χ1v) is 28.5. The fourth-order valence-electron chi connectivity index (χ4n) is 11.7. The molecule has 2 unspecified atom stereocenters. The molecule has 15 nitrogen and oxygen atoms in total. The van der Waals surface area contributed by atoms with E-state index in [1.165, 1.54) is 11.3 Å². The van der Waals surface area contributed by atoms with Crippen LogP contribution in [0.15, 0.2) is 41.7 Å². The van der Waals surface area contributed by atoms with Gasteiger partial charge in [0.1, 0.15) is 24.0 Å². The molecular weight excluding hydrogens is 977 g/mol. The topological polar surface area (TPSA) is 153 Å². The normalized spacial score (nSPS) is 24.7. The highest BCUT2D eigenvalue weighted by atomic mass is 32.1. The van der Waals surface area contributed by atoms with Crippen molar-refractivity contribution in [1.82, 2.24) is 34.9 Å². The lowest BCUT2D eigenvalue weighted by atomic mass is 9.77. The molecule has 3 atom stereocenters. The number of morpholine rings is 1. The molecular formula is C57H79F2N9O6S. The van der Waals surface area contributed by atoms with Crippen molar-refractivity contribution in [3.63, 3.8) is 0 Å². The minimum Gasteiger partial charge on any atom is -0.378 e. The third-order valence-corrected chi connectivity index (χ3v) is 17.8. The van der Waals surface area contributed by atoms with Crippen LogP contribution in [0.25, 0.3) is 6.08 Å². The molecule has 8 bridgehead atoms. The number of amides is 4. The second-order valence-electron chi connectivity index (χ2n) is 23.5. The van der Waals surface area contributed by atoms with E-state index in [-0.39, 0.29) is 46.6 Å². The number of alkyl halides is 2. The van der Waals surface area contributed by atoms with Gasteiger partial charge in [-0.15, -0.1) is 11.3 Å². The summed E-state index contributed by atoms with van der Waals surface area (Å²) in [5.41, 5.74) is 3.83. The van der Waals surface area contributed by atoms with E-state index in [1.807, 2.05) is 25.4 Å². The van der Waals surface area contributed by atoms with Crippen LogP contribution in [0.4, 0.5) is 20.4 Å². The van der Waals surface area contributed by atoms with Crippen LogP contribution in [0, 0.1) is 16.7 Å². The molecule has 7 aliphatic rings. The summed E-state index contributed by atoms with van der Waals surface area (Å²) in [5, 5.41) is 7.81. The van der Waals surface area contributed by atoms with Crippen molar-refractivity contribution in [2.45, 2.75) is 155 Å². The summed E-state index contributed by atoms with van der Waals surface area (Å²) in [7, 11) is 1.81. The fraction of sp³-hybridized carbons (Fsp3) is 0.649. The Morgan fingerprint density at radius 3 is 2.41 bits per heavy atom. The zero-order chi connectivity index (χ0) is 53.1. The summed E-state index contributed by atoms with van der Waals surface area (Å²) < 4.78 is 45.6. The van der Waals surface area contributed by atoms with Gasteiger partial charge in [0.15, 0.2) is 6.23 Å². The van der Waals surface area contributed by atoms with Gasteiger partial charge in [0.05, 0.1) is 43.2 Å². The molecule has 3 aromatic rings. The first-order valence-electron chi connectivity index (χ1n) is 27.6. The molecule has 9 heterocycles. The maximum atomic E-state index is 16.2. The number of benzene rings is 1. The number of ether oxygens (including phenoxy) is 2. The first-order chi connectivity index (χ1) is 35.9. The van der Waals surface area contributed by atoms with Crippen molar-refractivity contribution in [2.24, 2.45) is 16.7 Å². The van der Waals surface area contributed by atoms with Crippen LogP contribution >= 0.6 is 11.3 Å². The maximum Gasteiger partial charge on any atom is 0.276 e. The summed E-state index contributed by atoms with van der Waals surface area (Å²) in [6.07, 6.45) is 13.0. The largest absolute Gasteiger partial charge is 0.378 e. The standard InChI is InChI=1S/C57H79F2N9O6S/c1-38-39-13-12-14-41(31-39)57(58,59)40-18-25-65(26-19-40)23-10-8-7-9-11-24-67-51-42(50(62-38)60-37-61-51)32-46(66-27-29-73-30-28-66)54(67)74-36-56(4,5)22-21-55(2,3)20-17-49(70)64(6)34-47-43-33-68(53(72)44(43)35-75-47)45-15-16-48(69)63-52(45)71/h12-14,31-32,35,37-38,40,45,54H,7-11,15-30,33-34,36H2,1-6H3,(H,60,61,62)(H,63,69,71)/t38-,45?,54?/m1/s1. The number of carbonyl (C=O) groups is 4. The molecule has 7 aliphatic heterocycles. The van der Waals surface area contributed by atoms with E-state index in [4.69, 9.17) is 19.4 Å². The summed E-state index contributed by atoms with van der Waals surface area (Å²) in [6.45, 7) is 17.9. The van der Waals surface area contributed by atoms with Crippen molar-refractivity contribution < 1.29 is 37.4 Å². The smallest absolute Gasteiger partial charge is 0.276 e. The van der Waals surface area contributed by atoms with E-state index in [1.54, 1.807) is 34.3 Å². The molecule has 0 saturated carbocycles. The van der Waals surface area contributed by atoms with Crippen LogP contribution in [0.1, 0.15) is 162 Å². The number of fused-ring (bicyclic) bond motifs is 10. The van der Waals surface area contributed by atoms with Crippen LogP contribution < -0.4 is 15.5 Å². The van der Waals surface area contributed by atoms with Crippen molar-refractivity contribution in [3.05, 3.63) is 74.4 Å². The van der Waals surface area contributed by atoms with Gasteiger partial charge in [-0.05, 0) is 112 Å². The average molecular weight is 1060 g/mol. The number of anilines is 2. The molecule has 408 valence electrons. The van der Waals surface area contributed by atoms with Gasteiger partial charge >= 0.3 is 0 Å². The number of hydrogen-bond donors (Lipinski definition) is 2. The van der Waals surface area contributed by atoms with Crippen LogP contribution in [-0.4, -0.2) is 132 Å². The van der Waals surface area contributed by atoms with Gasteiger partial charge in [-0.3, -0.25) is 24.5 Å². The van der Waals surface area contributed by atoms with E-state index in [2.05, 4.69) is 59.1 Å². The van der Waals surface area contributed by atoms with Crippen LogP contribution in [-0.2, 0) is 42.9 Å². The molecule has 0 spiro atoms. The van der Waals surface area contributed by atoms with Crippen LogP contribution in [0.3, 0.4) is 0 Å². The summed E-state index contributed by atoms with van der Waals surface area (Å²) >= 11 is 1.47. The Morgan fingerprint density at radius 1 is 0.920 bits per heavy atom. The number of halogens is 2. The number of piperidine rings is 2. The highest BCUT2D eigenvalue weighted by Gasteiger charge is 2.44. The second kappa shape index (κ2) is 23.3. The second-order valence-corrected chi connectivity index (χ2v) is 24.5. The lowest BCUT2D eigenvalue weighted by molar-refractivity contribution is -0.137. The molecule has 4 amide bonds. The monoisotopic (exact) mass is 1060 g/mol. The molecule has 2 N–H and O–H groups in total. The number of carbonyl (C=O) groups excluding carboxylic acids is 4. The van der Waals surface area contributed by atoms with E-state index in [0.29, 0.717) is 103 Å². The number of nitrogens with one attached hydrogen (secondary N) is 2. The lowest BCUT2D eigenvalue weighted by Gasteiger charge is -2.44. The van der Waals surface area contributed by atoms with E-state index in [0.717, 1.165) is 91.1 Å². The highest BCUT2D eigenvalue weighted by Crippen LogP contribution is 2.44. The van der Waals surface area contributed by atoms with Crippen LogP contribution in [0.2, 0.25) is 0 Å². The van der Waals surface area contributed by atoms with Crippen molar-refractivity contribution >= 4 is 52.7 Å². The minimum absolute atomic E-state index is 0.0370. The predicted octanol–water partition coefficient (Wildman–Crippen LogP) is 9.35. The highest BCUT2D eigenvalue weighted by molar-refractivity contribution is 7.10. The zero-order valence-electron chi connectivity index (χ0n) is 45.1. The summed E-state index contributed by atoms with van der Waals surface area (Å²) in [4.78, 5) is 72.4. The van der Waals surface area contributed by atoms with Gasteiger partial charge in [0.2, 0.25) is 17.7 Å². The summed E-state index contributed by atoms with van der Waals surface area (Å²) in [5.74, 6) is -3.09. The van der Waals surface area contributed by atoms with E-state index < -0.39 is 30.0 Å². The Bertz CT molecular complexity index is 2570. The third kappa shape index (κ3) is 12.7. The van der Waals surface area contributed by atoms with Crippen molar-refractivity contribution in [2.75, 3.05) is 76.4 Å². The Labute approximate surface area is 446 Å². The molecule has 0 radical (unpaired) electrons. The molecule has 2 aromatic heterocycles. The van der Waals surface area contributed by atoms with E-state index in [9.17, 15) is 19.2 Å². The Kier molecular flexibility index (Phi) is 17.0. The van der Waals surface area contributed by atoms with Crippen LogP contribution in [0.5, 0.6) is 0 Å². The van der Waals surface area contributed by atoms with Gasteiger partial charge in [-0.25, -0.2) is 18.7 Å². The third-order valence-electron chi connectivity index (χ3n) is 16.8. The van der Waals surface area contributed by atoms with Gasteiger partial charge in [-0.1, -0.05) is 65.2 Å². The Balaban J connectivity index is 0.864. The van der Waals surface area contributed by atoms with Crippen molar-refractivity contribution in [3.8, 4) is 0 Å².